The van der Waals surface area contributed by atoms with Crippen molar-refractivity contribution in [2.75, 3.05) is 32.8 Å². The molecule has 2 aliphatic heterocycles. The van der Waals surface area contributed by atoms with Crippen LogP contribution in [-0.2, 0) is 9.53 Å². The minimum absolute atomic E-state index is 0.0152. The fourth-order valence-corrected chi connectivity index (χ4v) is 4.15. The van der Waals surface area contributed by atoms with Crippen LogP contribution >= 0.6 is 0 Å². The highest BCUT2D eigenvalue weighted by Crippen LogP contribution is 2.32. The number of morpholine rings is 1. The Morgan fingerprint density at radius 3 is 2.30 bits per heavy atom. The Morgan fingerprint density at radius 2 is 1.67 bits per heavy atom. The Kier molecular flexibility index (Phi) is 7.82. The zero-order chi connectivity index (χ0) is 21.3. The summed E-state index contributed by atoms with van der Waals surface area (Å²) < 4.78 is 6.17. The first kappa shape index (κ1) is 21.8. The smallest absolute Gasteiger partial charge is 0.290 e. The van der Waals surface area contributed by atoms with Crippen molar-refractivity contribution in [1.82, 2.24) is 9.80 Å². The number of amides is 1. The molecule has 7 nitrogen and oxygen atoms in total. The topological polar surface area (TPSA) is 90.3 Å². The molecule has 2 fully saturated rings. The van der Waals surface area contributed by atoms with E-state index in [4.69, 9.17) is 14.6 Å². The van der Waals surface area contributed by atoms with E-state index >= 15 is 0 Å². The summed E-state index contributed by atoms with van der Waals surface area (Å²) in [6.07, 6.45) is 2.43. The van der Waals surface area contributed by atoms with Gasteiger partial charge in [0.15, 0.2) is 0 Å². The summed E-state index contributed by atoms with van der Waals surface area (Å²) in [5.74, 6) is 0.152. The molecule has 2 atom stereocenters. The zero-order valence-corrected chi connectivity index (χ0v) is 16.9. The molecule has 1 amide bonds. The molecule has 0 spiro atoms. The Balaban J connectivity index is 0.000000806. The van der Waals surface area contributed by atoms with E-state index in [9.17, 15) is 9.90 Å². The lowest BCUT2D eigenvalue weighted by molar-refractivity contribution is -0.122. The molecule has 2 aromatic carbocycles. The Bertz CT molecular complexity index is 806. The molecular weight excluding hydrogens is 384 g/mol. The third-order valence-corrected chi connectivity index (χ3v) is 5.51. The van der Waals surface area contributed by atoms with Gasteiger partial charge in [0.25, 0.3) is 12.4 Å². The SMILES string of the molecule is O=C(c1ccc(O)cc1)N1CCO[C@@H](CN2CCCC2)[C@@H]1c1ccccc1.O=CO. The number of hydrogen-bond donors (Lipinski definition) is 2. The molecule has 160 valence electrons. The van der Waals surface area contributed by atoms with E-state index in [1.165, 1.54) is 12.8 Å². The number of nitrogens with zero attached hydrogens (tertiary/aromatic N) is 2. The number of ether oxygens (including phenoxy) is 1. The first-order valence-electron chi connectivity index (χ1n) is 10.2. The largest absolute Gasteiger partial charge is 0.508 e. The fraction of sp³-hybridized carbons (Fsp3) is 0.391. The lowest BCUT2D eigenvalue weighted by atomic mass is 9.96. The second kappa shape index (κ2) is 10.8. The van der Waals surface area contributed by atoms with Gasteiger partial charge in [-0.25, -0.2) is 0 Å². The first-order valence-corrected chi connectivity index (χ1v) is 10.2. The van der Waals surface area contributed by atoms with Gasteiger partial charge >= 0.3 is 0 Å². The van der Waals surface area contributed by atoms with Crippen molar-refractivity contribution in [2.24, 2.45) is 0 Å². The summed E-state index contributed by atoms with van der Waals surface area (Å²) in [6, 6.07) is 16.6. The van der Waals surface area contributed by atoms with Gasteiger partial charge in [0.1, 0.15) is 5.75 Å². The molecular formula is C23H28N2O5. The molecule has 4 rings (SSSR count). The predicted molar refractivity (Wildman–Crippen MR) is 112 cm³/mol. The number of aromatic hydroxyl groups is 1. The van der Waals surface area contributed by atoms with E-state index in [1.807, 2.05) is 23.1 Å². The number of rotatable bonds is 4. The summed E-state index contributed by atoms with van der Waals surface area (Å²) in [6.45, 7) is 3.92. The molecule has 0 unspecified atom stereocenters. The van der Waals surface area contributed by atoms with Gasteiger partial charge in [-0.3, -0.25) is 9.59 Å². The van der Waals surface area contributed by atoms with Crippen LogP contribution in [0.2, 0.25) is 0 Å². The van der Waals surface area contributed by atoms with Crippen molar-refractivity contribution in [1.29, 1.82) is 0 Å². The van der Waals surface area contributed by atoms with Gasteiger partial charge in [-0.05, 0) is 55.8 Å². The maximum Gasteiger partial charge on any atom is 0.290 e. The zero-order valence-electron chi connectivity index (χ0n) is 16.9. The number of carbonyl (C=O) groups excluding carboxylic acids is 1. The number of benzene rings is 2. The van der Waals surface area contributed by atoms with Crippen LogP contribution in [0.5, 0.6) is 5.75 Å². The standard InChI is InChI=1S/C22H26N2O3.CH2O2/c25-19-10-8-18(9-11-19)22(26)24-14-15-27-20(16-23-12-4-5-13-23)21(24)17-6-2-1-3-7-17;2-1-3/h1-3,6-11,20-21,25H,4-5,12-16H2;1H,(H,2,3)/t20-,21-;/m0./s1. The molecule has 0 saturated carbocycles. The van der Waals surface area contributed by atoms with E-state index < -0.39 is 0 Å². The summed E-state index contributed by atoms with van der Waals surface area (Å²) in [5.41, 5.74) is 1.70. The molecule has 2 saturated heterocycles. The molecule has 7 heteroatoms. The molecule has 0 aromatic heterocycles. The molecule has 2 heterocycles. The number of hydrogen-bond acceptors (Lipinski definition) is 5. The molecule has 2 N–H and O–H groups in total. The van der Waals surface area contributed by atoms with Gasteiger partial charge in [-0.15, -0.1) is 0 Å². The summed E-state index contributed by atoms with van der Waals surface area (Å²) in [7, 11) is 0. The van der Waals surface area contributed by atoms with Gasteiger partial charge < -0.3 is 24.7 Å². The number of likely N-dealkylation sites (tertiary alicyclic amines) is 1. The van der Waals surface area contributed by atoms with E-state index in [2.05, 4.69) is 17.0 Å². The monoisotopic (exact) mass is 412 g/mol. The van der Waals surface area contributed by atoms with Crippen molar-refractivity contribution < 1.29 is 24.5 Å². The van der Waals surface area contributed by atoms with E-state index in [0.29, 0.717) is 18.7 Å². The quantitative estimate of drug-likeness (QED) is 0.751. The van der Waals surface area contributed by atoms with Gasteiger partial charge in [0, 0.05) is 18.7 Å². The maximum atomic E-state index is 13.3. The lowest BCUT2D eigenvalue weighted by Gasteiger charge is -2.42. The highest BCUT2D eigenvalue weighted by atomic mass is 16.5. The molecule has 2 aromatic rings. The van der Waals surface area contributed by atoms with Crippen LogP contribution in [0.1, 0.15) is 34.8 Å². The van der Waals surface area contributed by atoms with Crippen LogP contribution in [0.25, 0.3) is 0 Å². The molecule has 0 radical (unpaired) electrons. The van der Waals surface area contributed by atoms with Crippen molar-refractivity contribution in [3.8, 4) is 5.75 Å². The third-order valence-electron chi connectivity index (χ3n) is 5.51. The van der Waals surface area contributed by atoms with Gasteiger partial charge in [0.05, 0.1) is 18.8 Å². The normalized spacial score (nSPS) is 21.5. The molecule has 30 heavy (non-hydrogen) atoms. The van der Waals surface area contributed by atoms with Gasteiger partial charge in [-0.1, -0.05) is 30.3 Å². The molecule has 0 bridgehead atoms. The minimum Gasteiger partial charge on any atom is -0.508 e. The maximum absolute atomic E-state index is 13.3. The number of carbonyl (C=O) groups is 2. The summed E-state index contributed by atoms with van der Waals surface area (Å²) >= 11 is 0. The van der Waals surface area contributed by atoms with Crippen LogP contribution in [-0.4, -0.2) is 71.3 Å². The highest BCUT2D eigenvalue weighted by Gasteiger charge is 2.37. The highest BCUT2D eigenvalue weighted by molar-refractivity contribution is 5.94. The Morgan fingerprint density at radius 1 is 1.03 bits per heavy atom. The lowest BCUT2D eigenvalue weighted by Crippen LogP contribution is -2.51. The van der Waals surface area contributed by atoms with Crippen molar-refractivity contribution in [2.45, 2.75) is 25.0 Å². The van der Waals surface area contributed by atoms with E-state index in [0.717, 1.165) is 25.2 Å². The second-order valence-electron chi connectivity index (χ2n) is 7.42. The Hall–Kier alpha value is -2.90. The van der Waals surface area contributed by atoms with E-state index in [-0.39, 0.29) is 30.3 Å². The predicted octanol–water partition coefficient (Wildman–Crippen LogP) is 2.77. The van der Waals surface area contributed by atoms with Crippen LogP contribution < -0.4 is 0 Å². The van der Waals surface area contributed by atoms with Gasteiger partial charge in [0.2, 0.25) is 0 Å². The summed E-state index contributed by atoms with van der Waals surface area (Å²) in [5, 5.41) is 16.4. The second-order valence-corrected chi connectivity index (χ2v) is 7.42. The number of phenols is 1. The number of carboxylic acid groups (broad SMARTS) is 1. The van der Waals surface area contributed by atoms with Crippen molar-refractivity contribution in [3.63, 3.8) is 0 Å². The molecule has 0 aliphatic carbocycles. The average Bonchev–Trinajstić information content (AvgIpc) is 3.28. The first-order chi connectivity index (χ1) is 14.6. The van der Waals surface area contributed by atoms with Crippen LogP contribution in [0.15, 0.2) is 54.6 Å². The number of phenolic OH excluding ortho intramolecular Hbond substituents is 1. The van der Waals surface area contributed by atoms with Crippen molar-refractivity contribution >= 4 is 12.4 Å². The van der Waals surface area contributed by atoms with Crippen LogP contribution in [0, 0.1) is 0 Å². The average molecular weight is 412 g/mol. The molecule has 2 aliphatic rings. The Labute approximate surface area is 176 Å². The van der Waals surface area contributed by atoms with Crippen LogP contribution in [0.4, 0.5) is 0 Å². The van der Waals surface area contributed by atoms with Crippen LogP contribution in [0.3, 0.4) is 0 Å². The van der Waals surface area contributed by atoms with E-state index in [1.54, 1.807) is 24.3 Å². The minimum atomic E-state index is -0.250. The third kappa shape index (κ3) is 5.37. The fourth-order valence-electron chi connectivity index (χ4n) is 4.15. The van der Waals surface area contributed by atoms with Crippen molar-refractivity contribution in [3.05, 3.63) is 65.7 Å². The van der Waals surface area contributed by atoms with Gasteiger partial charge in [-0.2, -0.15) is 0 Å². The summed E-state index contributed by atoms with van der Waals surface area (Å²) in [4.78, 5) is 26.0.